The van der Waals surface area contributed by atoms with Crippen molar-refractivity contribution < 1.29 is 22.7 Å². The number of nitrogens with zero attached hydrogens (tertiary/aromatic N) is 3. The molecular formula is C26H34N4O5S2. The van der Waals surface area contributed by atoms with Gasteiger partial charge in [-0.3, -0.25) is 14.5 Å². The van der Waals surface area contributed by atoms with Gasteiger partial charge in [-0.15, -0.1) is 11.3 Å². The summed E-state index contributed by atoms with van der Waals surface area (Å²) in [7, 11) is -3.64. The van der Waals surface area contributed by atoms with Crippen LogP contribution in [-0.2, 0) is 27.7 Å². The standard InChI is InChI=1S/C26H34N4O5S2/c1-18(2)29-12-9-21-22(17-29)36-25(23(21)26(32)28-10-3-4-11-28)27-24(31)19-5-7-20(8-6-19)37(33,34)30-13-15-35-16-14-30/h5-8,18H,3-4,9-17H2,1-2H3,(H,27,31). The van der Waals surface area contributed by atoms with Gasteiger partial charge in [0.1, 0.15) is 5.00 Å². The molecule has 2 amide bonds. The maximum Gasteiger partial charge on any atom is 0.257 e. The number of ether oxygens (including phenoxy) is 1. The van der Waals surface area contributed by atoms with Crippen LogP contribution in [0, 0.1) is 0 Å². The maximum absolute atomic E-state index is 13.5. The third kappa shape index (κ3) is 5.33. The average Bonchev–Trinajstić information content (AvgIpc) is 3.56. The van der Waals surface area contributed by atoms with E-state index in [0.717, 1.165) is 55.9 Å². The van der Waals surface area contributed by atoms with Crippen molar-refractivity contribution in [1.29, 1.82) is 0 Å². The molecule has 4 heterocycles. The molecule has 1 aromatic carbocycles. The van der Waals surface area contributed by atoms with Crippen molar-refractivity contribution in [3.8, 4) is 0 Å². The molecule has 0 unspecified atom stereocenters. The van der Waals surface area contributed by atoms with E-state index < -0.39 is 10.0 Å². The SMILES string of the molecule is CC(C)N1CCc2c(sc(NC(=O)c3ccc(S(=O)(=O)N4CCOCC4)cc3)c2C(=O)N2CCCC2)C1. The molecular weight excluding hydrogens is 512 g/mol. The first-order valence-electron chi connectivity index (χ1n) is 12.9. The van der Waals surface area contributed by atoms with Crippen LogP contribution in [0.3, 0.4) is 0 Å². The highest BCUT2D eigenvalue weighted by Gasteiger charge is 2.33. The Balaban J connectivity index is 1.39. The van der Waals surface area contributed by atoms with Crippen LogP contribution in [0.5, 0.6) is 0 Å². The number of anilines is 1. The van der Waals surface area contributed by atoms with Crippen molar-refractivity contribution in [2.24, 2.45) is 0 Å². The van der Waals surface area contributed by atoms with E-state index in [2.05, 4.69) is 24.1 Å². The van der Waals surface area contributed by atoms with E-state index in [1.807, 2.05) is 4.90 Å². The predicted molar refractivity (Wildman–Crippen MR) is 143 cm³/mol. The van der Waals surface area contributed by atoms with Crippen LogP contribution in [0.2, 0.25) is 0 Å². The van der Waals surface area contributed by atoms with E-state index in [1.54, 1.807) is 0 Å². The maximum atomic E-state index is 13.5. The smallest absolute Gasteiger partial charge is 0.257 e. The quantitative estimate of drug-likeness (QED) is 0.598. The monoisotopic (exact) mass is 546 g/mol. The lowest BCUT2D eigenvalue weighted by Crippen LogP contribution is -2.40. The molecule has 9 nitrogen and oxygen atoms in total. The summed E-state index contributed by atoms with van der Waals surface area (Å²) >= 11 is 1.48. The summed E-state index contributed by atoms with van der Waals surface area (Å²) in [6.45, 7) is 8.85. The van der Waals surface area contributed by atoms with Crippen LogP contribution in [0.1, 0.15) is 57.8 Å². The highest BCUT2D eigenvalue weighted by molar-refractivity contribution is 7.89. The first-order valence-corrected chi connectivity index (χ1v) is 15.2. The van der Waals surface area contributed by atoms with Gasteiger partial charge in [-0.05, 0) is 62.9 Å². The second-order valence-electron chi connectivity index (χ2n) is 10.0. The number of morpholine rings is 1. The summed E-state index contributed by atoms with van der Waals surface area (Å²) in [5.74, 6) is -0.361. The van der Waals surface area contributed by atoms with Crippen LogP contribution in [-0.4, -0.2) is 86.3 Å². The van der Waals surface area contributed by atoms with E-state index in [9.17, 15) is 18.0 Å². The van der Waals surface area contributed by atoms with Crippen LogP contribution in [0.4, 0.5) is 5.00 Å². The molecule has 5 rings (SSSR count). The summed E-state index contributed by atoms with van der Waals surface area (Å²) in [5, 5.41) is 3.58. The lowest BCUT2D eigenvalue weighted by molar-refractivity contribution is 0.0730. The van der Waals surface area contributed by atoms with Crippen molar-refractivity contribution in [3.05, 3.63) is 45.8 Å². The number of sulfonamides is 1. The fraction of sp³-hybridized carbons (Fsp3) is 0.538. The molecule has 2 fully saturated rings. The van der Waals surface area contributed by atoms with E-state index in [4.69, 9.17) is 4.74 Å². The minimum atomic E-state index is -3.64. The molecule has 0 radical (unpaired) electrons. The van der Waals surface area contributed by atoms with Crippen LogP contribution < -0.4 is 5.32 Å². The van der Waals surface area contributed by atoms with Crippen LogP contribution in [0.25, 0.3) is 0 Å². The fourth-order valence-corrected chi connectivity index (χ4v) is 7.81. The van der Waals surface area contributed by atoms with Gasteiger partial charge in [0.25, 0.3) is 11.8 Å². The zero-order valence-electron chi connectivity index (χ0n) is 21.4. The lowest BCUT2D eigenvalue weighted by atomic mass is 10.0. The Morgan fingerprint density at radius 2 is 1.68 bits per heavy atom. The molecule has 0 saturated carbocycles. The van der Waals surface area contributed by atoms with E-state index in [-0.39, 0.29) is 16.7 Å². The number of benzene rings is 1. The van der Waals surface area contributed by atoms with E-state index >= 15 is 0 Å². The number of nitrogens with one attached hydrogen (secondary N) is 1. The first kappa shape index (κ1) is 26.3. The van der Waals surface area contributed by atoms with Crippen molar-refractivity contribution >= 4 is 38.2 Å². The first-order chi connectivity index (χ1) is 17.8. The molecule has 0 aliphatic carbocycles. The molecule has 200 valence electrons. The zero-order chi connectivity index (χ0) is 26.2. The van der Waals surface area contributed by atoms with Gasteiger partial charge in [0.15, 0.2) is 0 Å². The zero-order valence-corrected chi connectivity index (χ0v) is 23.0. The van der Waals surface area contributed by atoms with Gasteiger partial charge in [0, 0.05) is 55.8 Å². The van der Waals surface area contributed by atoms with Gasteiger partial charge in [0.05, 0.1) is 23.7 Å². The van der Waals surface area contributed by atoms with Crippen LogP contribution >= 0.6 is 11.3 Å². The number of hydrogen-bond acceptors (Lipinski definition) is 7. The number of rotatable bonds is 6. The van der Waals surface area contributed by atoms with Crippen molar-refractivity contribution in [2.45, 2.75) is 50.6 Å². The number of likely N-dealkylation sites (tertiary alicyclic amines) is 1. The molecule has 3 aliphatic rings. The summed E-state index contributed by atoms with van der Waals surface area (Å²) in [5.41, 5.74) is 2.03. The highest BCUT2D eigenvalue weighted by atomic mass is 32.2. The number of carbonyl (C=O) groups is 2. The Morgan fingerprint density at radius 3 is 2.32 bits per heavy atom. The average molecular weight is 547 g/mol. The Bertz CT molecular complexity index is 1260. The summed E-state index contributed by atoms with van der Waals surface area (Å²) < 4.78 is 32.5. The second-order valence-corrected chi connectivity index (χ2v) is 13.1. The predicted octanol–water partition coefficient (Wildman–Crippen LogP) is 3.02. The van der Waals surface area contributed by atoms with Crippen molar-refractivity contribution in [3.63, 3.8) is 0 Å². The van der Waals surface area contributed by atoms with Gasteiger partial charge in [-0.25, -0.2) is 8.42 Å². The van der Waals surface area contributed by atoms with Gasteiger partial charge in [-0.1, -0.05) is 0 Å². The number of amides is 2. The molecule has 0 bridgehead atoms. The minimum Gasteiger partial charge on any atom is -0.379 e. The molecule has 0 spiro atoms. The molecule has 37 heavy (non-hydrogen) atoms. The number of carbonyl (C=O) groups excluding carboxylic acids is 2. The van der Waals surface area contributed by atoms with Gasteiger partial charge in [-0.2, -0.15) is 4.31 Å². The van der Waals surface area contributed by atoms with Crippen molar-refractivity contribution in [2.75, 3.05) is 51.3 Å². The second kappa shape index (κ2) is 10.8. The summed E-state index contributed by atoms with van der Waals surface area (Å²) in [6.07, 6.45) is 2.78. The van der Waals surface area contributed by atoms with Gasteiger partial charge >= 0.3 is 0 Å². The molecule has 3 aliphatic heterocycles. The summed E-state index contributed by atoms with van der Waals surface area (Å²) in [6, 6.07) is 6.39. The largest absolute Gasteiger partial charge is 0.379 e. The topological polar surface area (TPSA) is 99.3 Å². The number of thiophene rings is 1. The van der Waals surface area contributed by atoms with E-state index in [1.165, 1.54) is 39.9 Å². The normalized spacial score (nSPS) is 19.3. The van der Waals surface area contributed by atoms with Gasteiger partial charge < -0.3 is 15.0 Å². The Hall–Kier alpha value is -2.31. The molecule has 1 aromatic heterocycles. The Morgan fingerprint density at radius 1 is 1.00 bits per heavy atom. The third-order valence-corrected chi connectivity index (χ3v) is 10.4. The Labute approximate surface area is 222 Å². The molecule has 1 N–H and O–H groups in total. The Kier molecular flexibility index (Phi) is 7.69. The highest BCUT2D eigenvalue weighted by Crippen LogP contribution is 2.39. The molecule has 2 aromatic rings. The third-order valence-electron chi connectivity index (χ3n) is 7.38. The number of fused-ring (bicyclic) bond motifs is 1. The molecule has 2 saturated heterocycles. The van der Waals surface area contributed by atoms with Gasteiger partial charge in [0.2, 0.25) is 10.0 Å². The minimum absolute atomic E-state index is 0.00440. The lowest BCUT2D eigenvalue weighted by Gasteiger charge is -2.30. The van der Waals surface area contributed by atoms with Crippen LogP contribution in [0.15, 0.2) is 29.2 Å². The van der Waals surface area contributed by atoms with E-state index in [0.29, 0.717) is 48.5 Å². The molecule has 11 heteroatoms. The molecule has 0 atom stereocenters. The number of hydrogen-bond donors (Lipinski definition) is 1. The fourth-order valence-electron chi connectivity index (χ4n) is 5.15. The summed E-state index contributed by atoms with van der Waals surface area (Å²) in [4.78, 5) is 32.3. The van der Waals surface area contributed by atoms with Crippen molar-refractivity contribution in [1.82, 2.24) is 14.1 Å².